The Morgan fingerprint density at radius 1 is 1.36 bits per heavy atom. The molecule has 0 spiro atoms. The maximum Gasteiger partial charge on any atom is 0.134 e. The van der Waals surface area contributed by atoms with Crippen LogP contribution in [0.3, 0.4) is 0 Å². The molecule has 14 heavy (non-hydrogen) atoms. The predicted octanol–water partition coefficient (Wildman–Crippen LogP) is 2.58. The molecule has 0 aliphatic heterocycles. The Morgan fingerprint density at radius 3 is 3.00 bits per heavy atom. The molecule has 0 bridgehead atoms. The summed E-state index contributed by atoms with van der Waals surface area (Å²) >= 11 is 0. The van der Waals surface area contributed by atoms with Crippen molar-refractivity contribution in [3.8, 4) is 12.3 Å². The van der Waals surface area contributed by atoms with Gasteiger partial charge in [0.05, 0.1) is 0 Å². The van der Waals surface area contributed by atoms with Gasteiger partial charge in [0.15, 0.2) is 0 Å². The van der Waals surface area contributed by atoms with Crippen molar-refractivity contribution in [2.75, 3.05) is 6.61 Å². The molecule has 0 saturated carbocycles. The van der Waals surface area contributed by atoms with Gasteiger partial charge in [-0.05, 0) is 12.1 Å². The lowest BCUT2D eigenvalue weighted by molar-refractivity contribution is 0.137. The molecule has 2 rings (SSSR count). The van der Waals surface area contributed by atoms with Crippen LogP contribution in [0.5, 0.6) is 0 Å². The Morgan fingerprint density at radius 2 is 2.21 bits per heavy atom. The van der Waals surface area contributed by atoms with Gasteiger partial charge < -0.3 is 9.15 Å². The Bertz CT molecular complexity index is 429. The van der Waals surface area contributed by atoms with E-state index in [1.54, 1.807) is 0 Å². The van der Waals surface area contributed by atoms with E-state index in [1.807, 2.05) is 30.3 Å². The lowest BCUT2D eigenvalue weighted by Crippen LogP contribution is -1.90. The van der Waals surface area contributed by atoms with Crippen LogP contribution in [-0.2, 0) is 11.3 Å². The zero-order valence-electron chi connectivity index (χ0n) is 7.69. The summed E-state index contributed by atoms with van der Waals surface area (Å²) in [6.07, 6.45) is 5.06. The van der Waals surface area contributed by atoms with Crippen LogP contribution in [0.15, 0.2) is 34.7 Å². The van der Waals surface area contributed by atoms with Crippen LogP contribution >= 0.6 is 0 Å². The van der Waals surface area contributed by atoms with Crippen molar-refractivity contribution in [3.05, 3.63) is 36.1 Å². The van der Waals surface area contributed by atoms with Gasteiger partial charge in [-0.15, -0.1) is 6.42 Å². The summed E-state index contributed by atoms with van der Waals surface area (Å²) < 4.78 is 10.7. The second-order valence-electron chi connectivity index (χ2n) is 2.95. The van der Waals surface area contributed by atoms with E-state index in [0.29, 0.717) is 13.2 Å². The molecule has 0 fully saturated rings. The van der Waals surface area contributed by atoms with E-state index < -0.39 is 0 Å². The standard InChI is InChI=1S/C12H10O2/c1-2-7-13-9-11-8-10-5-3-4-6-12(10)14-11/h1,3-6,8H,7,9H2. The van der Waals surface area contributed by atoms with E-state index in [2.05, 4.69) is 5.92 Å². The number of hydrogen-bond acceptors (Lipinski definition) is 2. The van der Waals surface area contributed by atoms with Crippen molar-refractivity contribution in [3.63, 3.8) is 0 Å². The van der Waals surface area contributed by atoms with Crippen LogP contribution in [0, 0.1) is 12.3 Å². The van der Waals surface area contributed by atoms with Crippen LogP contribution < -0.4 is 0 Å². The van der Waals surface area contributed by atoms with Gasteiger partial charge >= 0.3 is 0 Å². The largest absolute Gasteiger partial charge is 0.459 e. The fourth-order valence-electron chi connectivity index (χ4n) is 1.32. The molecular weight excluding hydrogens is 176 g/mol. The summed E-state index contributed by atoms with van der Waals surface area (Å²) in [7, 11) is 0. The molecule has 0 unspecified atom stereocenters. The van der Waals surface area contributed by atoms with E-state index >= 15 is 0 Å². The molecule has 2 aromatic rings. The number of fused-ring (bicyclic) bond motifs is 1. The molecule has 1 aromatic heterocycles. The third kappa shape index (κ3) is 1.78. The minimum atomic E-state index is 0.317. The Hall–Kier alpha value is -1.72. The van der Waals surface area contributed by atoms with E-state index in [-0.39, 0.29) is 0 Å². The molecule has 0 saturated heterocycles. The quantitative estimate of drug-likeness (QED) is 0.543. The van der Waals surface area contributed by atoms with E-state index in [4.69, 9.17) is 15.6 Å². The van der Waals surface area contributed by atoms with Gasteiger partial charge in [-0.1, -0.05) is 24.1 Å². The first kappa shape index (κ1) is 8.86. The minimum absolute atomic E-state index is 0.317. The Kier molecular flexibility index (Phi) is 2.53. The summed E-state index contributed by atoms with van der Waals surface area (Å²) in [6, 6.07) is 9.82. The first-order chi connectivity index (χ1) is 6.90. The Balaban J connectivity index is 2.15. The number of hydrogen-bond donors (Lipinski definition) is 0. The predicted molar refractivity (Wildman–Crippen MR) is 54.7 cm³/mol. The molecule has 0 amide bonds. The number of rotatable bonds is 3. The number of ether oxygens (including phenoxy) is 1. The Labute approximate surface area is 82.5 Å². The van der Waals surface area contributed by atoms with Crippen molar-refractivity contribution < 1.29 is 9.15 Å². The van der Waals surface area contributed by atoms with Crippen LogP contribution in [0.1, 0.15) is 5.76 Å². The summed E-state index contributed by atoms with van der Waals surface area (Å²) in [5.74, 6) is 3.21. The lowest BCUT2D eigenvalue weighted by Gasteiger charge is -1.94. The molecule has 0 atom stereocenters. The van der Waals surface area contributed by atoms with Gasteiger partial charge in [0, 0.05) is 5.39 Å². The average molecular weight is 186 g/mol. The van der Waals surface area contributed by atoms with Crippen molar-refractivity contribution in [1.29, 1.82) is 0 Å². The first-order valence-corrected chi connectivity index (χ1v) is 4.39. The molecule has 2 heteroatoms. The smallest absolute Gasteiger partial charge is 0.134 e. The van der Waals surface area contributed by atoms with Gasteiger partial charge in [0.25, 0.3) is 0 Å². The van der Waals surface area contributed by atoms with E-state index in [0.717, 1.165) is 16.7 Å². The van der Waals surface area contributed by atoms with Crippen molar-refractivity contribution >= 4 is 11.0 Å². The number of terminal acetylenes is 1. The maximum atomic E-state index is 5.52. The highest BCUT2D eigenvalue weighted by Crippen LogP contribution is 2.18. The van der Waals surface area contributed by atoms with Crippen LogP contribution in [0.2, 0.25) is 0 Å². The molecule has 1 aromatic carbocycles. The zero-order valence-corrected chi connectivity index (χ0v) is 7.69. The SMILES string of the molecule is C#CCOCc1cc2ccccc2o1. The molecule has 0 radical (unpaired) electrons. The fourth-order valence-corrected chi connectivity index (χ4v) is 1.32. The normalized spacial score (nSPS) is 10.2. The van der Waals surface area contributed by atoms with Gasteiger partial charge in [0.2, 0.25) is 0 Å². The van der Waals surface area contributed by atoms with Crippen molar-refractivity contribution in [2.45, 2.75) is 6.61 Å². The van der Waals surface area contributed by atoms with Gasteiger partial charge in [-0.2, -0.15) is 0 Å². The number of para-hydroxylation sites is 1. The van der Waals surface area contributed by atoms with Crippen LogP contribution in [-0.4, -0.2) is 6.61 Å². The van der Waals surface area contributed by atoms with Crippen LogP contribution in [0.4, 0.5) is 0 Å². The molecule has 0 N–H and O–H groups in total. The lowest BCUT2D eigenvalue weighted by atomic mass is 10.2. The summed E-state index contributed by atoms with van der Waals surface area (Å²) in [6.45, 7) is 0.746. The minimum Gasteiger partial charge on any atom is -0.459 e. The highest BCUT2D eigenvalue weighted by atomic mass is 16.5. The van der Waals surface area contributed by atoms with Crippen molar-refractivity contribution in [2.24, 2.45) is 0 Å². The summed E-state index contributed by atoms with van der Waals surface area (Å²) in [5.41, 5.74) is 0.881. The third-order valence-corrected chi connectivity index (χ3v) is 1.91. The topological polar surface area (TPSA) is 22.4 Å². The summed E-state index contributed by atoms with van der Waals surface area (Å²) in [4.78, 5) is 0. The molecule has 2 nitrogen and oxygen atoms in total. The van der Waals surface area contributed by atoms with Gasteiger partial charge in [-0.25, -0.2) is 0 Å². The highest BCUT2D eigenvalue weighted by Gasteiger charge is 2.01. The van der Waals surface area contributed by atoms with E-state index in [1.165, 1.54) is 0 Å². The molecular formula is C12H10O2. The fraction of sp³-hybridized carbons (Fsp3) is 0.167. The van der Waals surface area contributed by atoms with Gasteiger partial charge in [-0.3, -0.25) is 0 Å². The number of benzene rings is 1. The highest BCUT2D eigenvalue weighted by molar-refractivity contribution is 5.77. The maximum absolute atomic E-state index is 5.52. The monoisotopic (exact) mass is 186 g/mol. The third-order valence-electron chi connectivity index (χ3n) is 1.91. The molecule has 0 aliphatic rings. The molecule has 70 valence electrons. The van der Waals surface area contributed by atoms with Gasteiger partial charge in [0.1, 0.15) is 24.6 Å². The number of furan rings is 1. The van der Waals surface area contributed by atoms with Crippen LogP contribution in [0.25, 0.3) is 11.0 Å². The summed E-state index contributed by atoms with van der Waals surface area (Å²) in [5, 5.41) is 1.09. The molecule has 0 aliphatic carbocycles. The average Bonchev–Trinajstić information content (AvgIpc) is 2.60. The zero-order chi connectivity index (χ0) is 9.80. The second kappa shape index (κ2) is 3.99. The first-order valence-electron chi connectivity index (χ1n) is 4.39. The molecule has 1 heterocycles. The van der Waals surface area contributed by atoms with E-state index in [9.17, 15) is 0 Å². The van der Waals surface area contributed by atoms with Crippen molar-refractivity contribution in [1.82, 2.24) is 0 Å². The second-order valence-corrected chi connectivity index (χ2v) is 2.95.